The molecule has 0 atom stereocenters. The third-order valence-electron chi connectivity index (χ3n) is 3.42. The lowest BCUT2D eigenvalue weighted by Crippen LogP contribution is -2.23. The van der Waals surface area contributed by atoms with Crippen LogP contribution in [-0.4, -0.2) is 30.2 Å². The molecule has 0 saturated carbocycles. The molecule has 0 unspecified atom stereocenters. The van der Waals surface area contributed by atoms with E-state index in [2.05, 4.69) is 27.2 Å². The molecule has 134 valence electrons. The summed E-state index contributed by atoms with van der Waals surface area (Å²) in [5.41, 5.74) is 2.02. The molecular formula is C19H20N4O3. The monoisotopic (exact) mass is 352 g/mol. The van der Waals surface area contributed by atoms with E-state index in [1.165, 1.54) is 31.7 Å². The first-order chi connectivity index (χ1) is 12.4. The molecule has 0 saturated heterocycles. The average molecular weight is 352 g/mol. The first-order valence-corrected chi connectivity index (χ1v) is 7.86. The summed E-state index contributed by atoms with van der Waals surface area (Å²) in [5.74, 6) is 0.868. The van der Waals surface area contributed by atoms with Crippen molar-refractivity contribution in [2.24, 2.45) is 4.99 Å². The molecule has 0 aliphatic heterocycles. The molecule has 0 spiro atoms. The van der Waals surface area contributed by atoms with Crippen molar-refractivity contribution in [2.75, 3.05) is 7.05 Å². The van der Waals surface area contributed by atoms with Gasteiger partial charge in [-0.25, -0.2) is 4.99 Å². The van der Waals surface area contributed by atoms with Gasteiger partial charge in [0.25, 0.3) is 11.8 Å². The second-order valence-electron chi connectivity index (χ2n) is 5.47. The van der Waals surface area contributed by atoms with Gasteiger partial charge in [0.05, 0.1) is 17.6 Å². The number of carbonyl (C=O) groups is 2. The summed E-state index contributed by atoms with van der Waals surface area (Å²) in [7, 11) is 1.51. The van der Waals surface area contributed by atoms with E-state index in [0.717, 1.165) is 17.1 Å². The molecule has 2 heterocycles. The number of aliphatic imine (C=N–C) groups is 1. The van der Waals surface area contributed by atoms with Crippen LogP contribution in [0.3, 0.4) is 0 Å². The summed E-state index contributed by atoms with van der Waals surface area (Å²) in [6.07, 6.45) is 6.03. The zero-order chi connectivity index (χ0) is 19.1. The molecule has 2 amide bonds. The number of pyridine rings is 1. The van der Waals surface area contributed by atoms with Crippen molar-refractivity contribution >= 4 is 24.2 Å². The van der Waals surface area contributed by atoms with Crippen molar-refractivity contribution in [3.8, 4) is 0 Å². The highest BCUT2D eigenvalue weighted by atomic mass is 16.3. The maximum Gasteiger partial charge on any atom is 0.269 e. The third kappa shape index (κ3) is 5.01. The molecule has 2 N–H and O–H groups in total. The summed E-state index contributed by atoms with van der Waals surface area (Å²) in [5, 5.41) is 4.98. The van der Waals surface area contributed by atoms with E-state index in [4.69, 9.17) is 4.42 Å². The molecule has 0 fully saturated rings. The summed E-state index contributed by atoms with van der Waals surface area (Å²) in [6, 6.07) is 4.92. The first-order valence-electron chi connectivity index (χ1n) is 7.86. The molecule has 2 aromatic rings. The Morgan fingerprint density at radius 2 is 2.04 bits per heavy atom. The van der Waals surface area contributed by atoms with Gasteiger partial charge in [0.2, 0.25) is 0 Å². The van der Waals surface area contributed by atoms with E-state index in [1.807, 2.05) is 19.9 Å². The first kappa shape index (κ1) is 18.9. The second-order valence-corrected chi connectivity index (χ2v) is 5.47. The SMILES string of the molecule is C=C(/C=C\c1oc(C)cc1C)N=CNC(=O)c1ccc(C(=O)NC)nc1. The Morgan fingerprint density at radius 1 is 1.27 bits per heavy atom. The van der Waals surface area contributed by atoms with Gasteiger partial charge >= 0.3 is 0 Å². The zero-order valence-corrected chi connectivity index (χ0v) is 14.9. The maximum absolute atomic E-state index is 12.0. The maximum atomic E-state index is 12.0. The predicted octanol–water partition coefficient (Wildman–Crippen LogP) is 2.64. The van der Waals surface area contributed by atoms with Crippen molar-refractivity contribution < 1.29 is 14.0 Å². The number of rotatable bonds is 6. The number of hydrogen-bond acceptors (Lipinski definition) is 5. The summed E-state index contributed by atoms with van der Waals surface area (Å²) < 4.78 is 5.51. The number of carbonyl (C=O) groups excluding carboxylic acids is 2. The molecule has 7 nitrogen and oxygen atoms in total. The minimum Gasteiger partial charge on any atom is -0.462 e. The highest BCUT2D eigenvalue weighted by Gasteiger charge is 2.08. The van der Waals surface area contributed by atoms with Gasteiger partial charge in [-0.2, -0.15) is 0 Å². The van der Waals surface area contributed by atoms with E-state index >= 15 is 0 Å². The normalized spacial score (nSPS) is 11.0. The Kier molecular flexibility index (Phi) is 6.21. The molecule has 0 aromatic carbocycles. The molecule has 0 bridgehead atoms. The number of aryl methyl sites for hydroxylation is 2. The summed E-state index contributed by atoms with van der Waals surface area (Å²) >= 11 is 0. The lowest BCUT2D eigenvalue weighted by molar-refractivity contribution is 0.0951. The molecular weight excluding hydrogens is 332 g/mol. The topological polar surface area (TPSA) is 96.6 Å². The van der Waals surface area contributed by atoms with Gasteiger partial charge in [-0.1, -0.05) is 6.58 Å². The van der Waals surface area contributed by atoms with E-state index in [1.54, 1.807) is 12.2 Å². The molecule has 0 aliphatic carbocycles. The van der Waals surface area contributed by atoms with Crippen molar-refractivity contribution in [1.82, 2.24) is 15.6 Å². The fraction of sp³-hybridized carbons (Fsp3) is 0.158. The Balaban J connectivity index is 1.90. The van der Waals surface area contributed by atoms with Gasteiger partial charge in [0.15, 0.2) is 0 Å². The molecule has 0 radical (unpaired) electrons. The van der Waals surface area contributed by atoms with Crippen LogP contribution in [0.2, 0.25) is 0 Å². The molecule has 26 heavy (non-hydrogen) atoms. The van der Waals surface area contributed by atoms with Crippen LogP contribution >= 0.6 is 0 Å². The average Bonchev–Trinajstić information content (AvgIpc) is 2.96. The molecule has 0 aliphatic rings. The quantitative estimate of drug-likeness (QED) is 0.474. The number of aromatic nitrogens is 1. The fourth-order valence-corrected chi connectivity index (χ4v) is 2.09. The van der Waals surface area contributed by atoms with Crippen LogP contribution in [-0.2, 0) is 0 Å². The number of hydrogen-bond donors (Lipinski definition) is 2. The van der Waals surface area contributed by atoms with Crippen molar-refractivity contribution in [3.05, 3.63) is 71.1 Å². The van der Waals surface area contributed by atoms with Crippen molar-refractivity contribution in [3.63, 3.8) is 0 Å². The second kappa shape index (κ2) is 8.57. The summed E-state index contributed by atoms with van der Waals surface area (Å²) in [6.45, 7) is 7.61. The Bertz CT molecular complexity index is 877. The van der Waals surface area contributed by atoms with E-state index in [-0.39, 0.29) is 17.5 Å². The van der Waals surface area contributed by atoms with Crippen LogP contribution in [0.25, 0.3) is 6.08 Å². The number of nitrogens with zero attached hydrogens (tertiary/aromatic N) is 2. The van der Waals surface area contributed by atoms with E-state index in [9.17, 15) is 9.59 Å². The van der Waals surface area contributed by atoms with E-state index in [0.29, 0.717) is 11.3 Å². The van der Waals surface area contributed by atoms with Crippen LogP contribution in [0, 0.1) is 13.8 Å². The van der Waals surface area contributed by atoms with Gasteiger partial charge < -0.3 is 15.1 Å². The Morgan fingerprint density at radius 3 is 2.62 bits per heavy atom. The van der Waals surface area contributed by atoms with Crippen molar-refractivity contribution in [2.45, 2.75) is 13.8 Å². The summed E-state index contributed by atoms with van der Waals surface area (Å²) in [4.78, 5) is 31.4. The van der Waals surface area contributed by atoms with E-state index < -0.39 is 0 Å². The zero-order valence-electron chi connectivity index (χ0n) is 14.9. The molecule has 7 heteroatoms. The van der Waals surface area contributed by atoms with Gasteiger partial charge in [0, 0.05) is 13.2 Å². The van der Waals surface area contributed by atoms with Crippen LogP contribution in [0.15, 0.2) is 52.2 Å². The Labute approximate surface area is 151 Å². The number of nitrogens with one attached hydrogen (secondary N) is 2. The van der Waals surface area contributed by atoms with Crippen LogP contribution in [0.4, 0.5) is 0 Å². The Hall–Kier alpha value is -3.48. The fourth-order valence-electron chi connectivity index (χ4n) is 2.09. The number of amides is 2. The van der Waals surface area contributed by atoms with Gasteiger partial charge in [-0.05, 0) is 49.8 Å². The van der Waals surface area contributed by atoms with Crippen LogP contribution < -0.4 is 10.6 Å². The van der Waals surface area contributed by atoms with Gasteiger partial charge in [0.1, 0.15) is 17.2 Å². The number of furan rings is 1. The minimum atomic E-state index is -0.390. The minimum absolute atomic E-state index is 0.236. The molecule has 2 aromatic heterocycles. The predicted molar refractivity (Wildman–Crippen MR) is 99.9 cm³/mol. The number of allylic oxidation sites excluding steroid dienone is 1. The van der Waals surface area contributed by atoms with Crippen LogP contribution in [0.1, 0.15) is 37.9 Å². The van der Waals surface area contributed by atoms with Crippen LogP contribution in [0.5, 0.6) is 0 Å². The lowest BCUT2D eigenvalue weighted by Gasteiger charge is -2.01. The molecule has 2 rings (SSSR count). The highest BCUT2D eigenvalue weighted by molar-refractivity contribution is 6.01. The van der Waals surface area contributed by atoms with Gasteiger partial charge in [-0.3, -0.25) is 14.6 Å². The smallest absolute Gasteiger partial charge is 0.269 e. The highest BCUT2D eigenvalue weighted by Crippen LogP contribution is 2.15. The van der Waals surface area contributed by atoms with Gasteiger partial charge in [-0.15, -0.1) is 0 Å². The standard InChI is InChI=1S/C19H20N4O3/c1-12-9-14(3)26-17(12)8-5-13(2)22-11-23-18(24)15-6-7-16(21-10-15)19(25)20-4/h5-11H,2H2,1,3-4H3,(H,20,25)(H,22,23,24)/b8-5-. The third-order valence-corrected chi connectivity index (χ3v) is 3.42. The lowest BCUT2D eigenvalue weighted by atomic mass is 10.2. The van der Waals surface area contributed by atoms with Crippen molar-refractivity contribution in [1.29, 1.82) is 0 Å². The largest absolute Gasteiger partial charge is 0.462 e.